The van der Waals surface area contributed by atoms with Gasteiger partial charge in [0.1, 0.15) is 5.76 Å². The van der Waals surface area contributed by atoms with E-state index in [2.05, 4.69) is 0 Å². The highest BCUT2D eigenvalue weighted by Crippen LogP contribution is 2.09. The lowest BCUT2D eigenvalue weighted by atomic mass is 10.1. The van der Waals surface area contributed by atoms with Crippen LogP contribution in [0.4, 0.5) is 0 Å². The number of rotatable bonds is 2. The fourth-order valence-electron chi connectivity index (χ4n) is 0.985. The number of aryl methyl sites for hydroxylation is 1. The van der Waals surface area contributed by atoms with Crippen LogP contribution in [0.15, 0.2) is 41.6 Å². The van der Waals surface area contributed by atoms with E-state index in [1.807, 2.05) is 37.3 Å². The van der Waals surface area contributed by atoms with E-state index in [4.69, 9.17) is 16.7 Å². The fraction of sp³-hybridized carbons (Fsp3) is 0.0909. The molecule has 0 aromatic heterocycles. The van der Waals surface area contributed by atoms with E-state index in [9.17, 15) is 0 Å². The Morgan fingerprint density at radius 2 is 2.08 bits per heavy atom. The number of aliphatic hydroxyl groups is 1. The van der Waals surface area contributed by atoms with Crippen LogP contribution in [0.5, 0.6) is 0 Å². The van der Waals surface area contributed by atoms with Crippen molar-refractivity contribution in [2.24, 2.45) is 0 Å². The van der Waals surface area contributed by atoms with Crippen LogP contribution in [0, 0.1) is 6.92 Å². The molecule has 0 atom stereocenters. The molecule has 1 N–H and O–H groups in total. The zero-order valence-corrected chi connectivity index (χ0v) is 8.12. The minimum absolute atomic E-state index is 0.0601. The lowest BCUT2D eigenvalue weighted by Gasteiger charge is -1.97. The minimum Gasteiger partial charge on any atom is -0.507 e. The normalized spacial score (nSPS) is 12.3. The second-order valence-electron chi connectivity index (χ2n) is 2.72. The summed E-state index contributed by atoms with van der Waals surface area (Å²) in [5, 5.41) is 9.05. The van der Waals surface area contributed by atoms with Crippen molar-refractivity contribution in [2.45, 2.75) is 6.92 Å². The van der Waals surface area contributed by atoms with Gasteiger partial charge in [-0.1, -0.05) is 41.9 Å². The van der Waals surface area contributed by atoms with Crippen LogP contribution in [-0.4, -0.2) is 5.11 Å². The van der Waals surface area contributed by atoms with Crippen molar-refractivity contribution < 1.29 is 5.11 Å². The van der Waals surface area contributed by atoms with E-state index in [-0.39, 0.29) is 5.76 Å². The minimum atomic E-state index is 0.0601. The van der Waals surface area contributed by atoms with E-state index < -0.39 is 0 Å². The number of benzene rings is 1. The van der Waals surface area contributed by atoms with Crippen LogP contribution < -0.4 is 0 Å². The van der Waals surface area contributed by atoms with Crippen molar-refractivity contribution in [3.63, 3.8) is 0 Å². The highest BCUT2D eigenvalue weighted by molar-refractivity contribution is 6.25. The van der Waals surface area contributed by atoms with Gasteiger partial charge in [-0.15, -0.1) is 0 Å². The van der Waals surface area contributed by atoms with Crippen molar-refractivity contribution in [3.8, 4) is 0 Å². The Labute approximate surface area is 83.0 Å². The maximum atomic E-state index is 9.05. The van der Waals surface area contributed by atoms with Gasteiger partial charge in [0.25, 0.3) is 0 Å². The summed E-state index contributed by atoms with van der Waals surface area (Å²) < 4.78 is 0. The van der Waals surface area contributed by atoms with Crippen molar-refractivity contribution in [1.29, 1.82) is 0 Å². The summed E-state index contributed by atoms with van der Waals surface area (Å²) in [6.45, 7) is 2.02. The van der Waals surface area contributed by atoms with Gasteiger partial charge in [-0.05, 0) is 24.1 Å². The Morgan fingerprint density at radius 3 is 2.69 bits per heavy atom. The molecule has 1 aromatic rings. The van der Waals surface area contributed by atoms with Gasteiger partial charge in [-0.3, -0.25) is 0 Å². The average molecular weight is 195 g/mol. The highest BCUT2D eigenvalue weighted by Gasteiger charge is 1.90. The SMILES string of the molecule is Cc1ccccc1/C=C\C(O)=C\Cl. The highest BCUT2D eigenvalue weighted by atomic mass is 35.5. The fourth-order valence-corrected chi connectivity index (χ4v) is 1.06. The maximum Gasteiger partial charge on any atom is 0.126 e. The molecule has 0 aliphatic carbocycles. The van der Waals surface area contributed by atoms with Crippen LogP contribution >= 0.6 is 11.6 Å². The number of hydrogen-bond donors (Lipinski definition) is 1. The number of halogens is 1. The van der Waals surface area contributed by atoms with Crippen LogP contribution in [-0.2, 0) is 0 Å². The first kappa shape index (κ1) is 9.87. The zero-order chi connectivity index (χ0) is 9.68. The predicted octanol–water partition coefficient (Wildman–Crippen LogP) is 3.65. The molecular formula is C11H11ClO. The van der Waals surface area contributed by atoms with E-state index in [0.29, 0.717) is 0 Å². The van der Waals surface area contributed by atoms with Gasteiger partial charge < -0.3 is 5.11 Å². The quantitative estimate of drug-likeness (QED) is 0.563. The smallest absolute Gasteiger partial charge is 0.126 e. The Bertz CT molecular complexity index is 340. The van der Waals surface area contributed by atoms with Crippen molar-refractivity contribution >= 4 is 17.7 Å². The van der Waals surface area contributed by atoms with Gasteiger partial charge in [-0.2, -0.15) is 0 Å². The molecule has 0 amide bonds. The second kappa shape index (κ2) is 4.73. The summed E-state index contributed by atoms with van der Waals surface area (Å²) >= 11 is 5.29. The first-order valence-electron chi connectivity index (χ1n) is 3.97. The summed E-state index contributed by atoms with van der Waals surface area (Å²) in [6.07, 6.45) is 3.39. The van der Waals surface area contributed by atoms with Crippen LogP contribution in [0.3, 0.4) is 0 Å². The van der Waals surface area contributed by atoms with Crippen molar-refractivity contribution in [3.05, 3.63) is 52.8 Å². The molecule has 0 heterocycles. The third kappa shape index (κ3) is 2.96. The van der Waals surface area contributed by atoms with Gasteiger partial charge in [0.05, 0.1) is 0 Å². The van der Waals surface area contributed by atoms with Crippen LogP contribution in [0.2, 0.25) is 0 Å². The summed E-state index contributed by atoms with van der Waals surface area (Å²) in [6, 6.07) is 7.92. The first-order chi connectivity index (χ1) is 6.24. The molecule has 13 heavy (non-hydrogen) atoms. The summed E-state index contributed by atoms with van der Waals surface area (Å²) in [5.41, 5.74) is 3.38. The van der Waals surface area contributed by atoms with Crippen molar-refractivity contribution in [2.75, 3.05) is 0 Å². The van der Waals surface area contributed by atoms with Crippen LogP contribution in [0.25, 0.3) is 6.08 Å². The van der Waals surface area contributed by atoms with Gasteiger partial charge in [0.15, 0.2) is 0 Å². The second-order valence-corrected chi connectivity index (χ2v) is 2.94. The molecule has 0 bridgehead atoms. The molecule has 0 aliphatic heterocycles. The Kier molecular flexibility index (Phi) is 3.59. The van der Waals surface area contributed by atoms with Gasteiger partial charge in [-0.25, -0.2) is 0 Å². The monoisotopic (exact) mass is 194 g/mol. The molecule has 1 aromatic carbocycles. The molecule has 0 aliphatic rings. The topological polar surface area (TPSA) is 20.2 Å². The molecule has 0 fully saturated rings. The Morgan fingerprint density at radius 1 is 1.38 bits per heavy atom. The molecular weight excluding hydrogens is 184 g/mol. The molecule has 0 spiro atoms. The van der Waals surface area contributed by atoms with E-state index >= 15 is 0 Å². The first-order valence-corrected chi connectivity index (χ1v) is 4.40. The lowest BCUT2D eigenvalue weighted by molar-refractivity contribution is 0.434. The maximum absolute atomic E-state index is 9.05. The molecule has 1 rings (SSSR count). The van der Waals surface area contributed by atoms with E-state index in [0.717, 1.165) is 11.1 Å². The Hall–Kier alpha value is -1.21. The summed E-state index contributed by atoms with van der Waals surface area (Å²) in [4.78, 5) is 0. The third-order valence-electron chi connectivity index (χ3n) is 1.73. The number of allylic oxidation sites excluding steroid dienone is 1. The third-order valence-corrected chi connectivity index (χ3v) is 1.96. The van der Waals surface area contributed by atoms with Crippen molar-refractivity contribution in [1.82, 2.24) is 0 Å². The largest absolute Gasteiger partial charge is 0.507 e. The van der Waals surface area contributed by atoms with E-state index in [1.165, 1.54) is 5.56 Å². The number of hydrogen-bond acceptors (Lipinski definition) is 1. The predicted molar refractivity (Wildman–Crippen MR) is 56.8 cm³/mol. The average Bonchev–Trinajstić information content (AvgIpc) is 2.16. The molecule has 68 valence electrons. The lowest BCUT2D eigenvalue weighted by Crippen LogP contribution is -1.78. The summed E-state index contributed by atoms with van der Waals surface area (Å²) in [5.74, 6) is 0.0601. The van der Waals surface area contributed by atoms with Gasteiger partial charge in [0.2, 0.25) is 0 Å². The molecule has 0 saturated carbocycles. The standard InChI is InChI=1S/C11H11ClO/c1-9-4-2-3-5-10(9)6-7-11(13)8-12/h2-8,13H,1H3/b7-6-,11-8-. The molecule has 1 nitrogen and oxygen atoms in total. The molecule has 0 radical (unpaired) electrons. The molecule has 0 saturated heterocycles. The van der Waals surface area contributed by atoms with Gasteiger partial charge >= 0.3 is 0 Å². The van der Waals surface area contributed by atoms with Gasteiger partial charge in [0, 0.05) is 5.54 Å². The Balaban J connectivity index is 2.86. The molecule has 2 heteroatoms. The molecule has 0 unspecified atom stereocenters. The zero-order valence-electron chi connectivity index (χ0n) is 7.37. The van der Waals surface area contributed by atoms with Crippen LogP contribution in [0.1, 0.15) is 11.1 Å². The summed E-state index contributed by atoms with van der Waals surface area (Å²) in [7, 11) is 0. The van der Waals surface area contributed by atoms with E-state index in [1.54, 1.807) is 6.08 Å². The number of aliphatic hydroxyl groups excluding tert-OH is 1.